The molecule has 1 amide bonds. The van der Waals surface area contributed by atoms with Crippen molar-refractivity contribution in [3.63, 3.8) is 0 Å². The Morgan fingerprint density at radius 3 is 2.94 bits per heavy atom. The summed E-state index contributed by atoms with van der Waals surface area (Å²) in [5, 5.41) is 4.57. The average Bonchev–Trinajstić information content (AvgIpc) is 2.83. The highest BCUT2D eigenvalue weighted by molar-refractivity contribution is 9.10. The first kappa shape index (κ1) is 11.9. The van der Waals surface area contributed by atoms with Crippen molar-refractivity contribution in [2.45, 2.75) is 0 Å². The lowest BCUT2D eigenvalue weighted by Gasteiger charge is -1.99. The second-order valence-electron chi connectivity index (χ2n) is 3.06. The van der Waals surface area contributed by atoms with E-state index in [9.17, 15) is 4.79 Å². The summed E-state index contributed by atoms with van der Waals surface area (Å²) in [6.45, 7) is 0. The third-order valence-electron chi connectivity index (χ3n) is 1.81. The Morgan fingerprint density at radius 2 is 2.29 bits per heavy atom. The summed E-state index contributed by atoms with van der Waals surface area (Å²) in [6.07, 6.45) is 6.24. The quantitative estimate of drug-likeness (QED) is 0.887. The van der Waals surface area contributed by atoms with Crippen molar-refractivity contribution < 1.29 is 4.79 Å². The van der Waals surface area contributed by atoms with Crippen molar-refractivity contribution >= 4 is 45.1 Å². The number of aromatic nitrogens is 2. The predicted molar refractivity (Wildman–Crippen MR) is 71.7 cm³/mol. The van der Waals surface area contributed by atoms with Gasteiger partial charge in [0.1, 0.15) is 4.60 Å². The van der Waals surface area contributed by atoms with Crippen LogP contribution in [0.4, 0.5) is 5.82 Å². The molecular formula is C11H8BrN3OS. The van der Waals surface area contributed by atoms with Gasteiger partial charge in [0.25, 0.3) is 0 Å². The summed E-state index contributed by atoms with van der Waals surface area (Å²) in [5.74, 6) is 0.198. The Morgan fingerprint density at radius 1 is 1.41 bits per heavy atom. The lowest BCUT2D eigenvalue weighted by molar-refractivity contribution is -0.111. The van der Waals surface area contributed by atoms with Gasteiger partial charge in [0.2, 0.25) is 5.91 Å². The Hall–Kier alpha value is -1.53. The van der Waals surface area contributed by atoms with E-state index in [2.05, 4.69) is 31.2 Å². The molecule has 17 heavy (non-hydrogen) atoms. The molecule has 86 valence electrons. The highest BCUT2D eigenvalue weighted by Crippen LogP contribution is 2.10. The Kier molecular flexibility index (Phi) is 4.00. The van der Waals surface area contributed by atoms with E-state index >= 15 is 0 Å². The van der Waals surface area contributed by atoms with Crippen molar-refractivity contribution in [2.24, 2.45) is 0 Å². The van der Waals surface area contributed by atoms with Gasteiger partial charge in [-0.1, -0.05) is 6.07 Å². The SMILES string of the molecule is O=C(C=Cc1cccs1)Nc1cnc(Br)cn1. The molecule has 0 spiro atoms. The molecule has 0 aliphatic heterocycles. The lowest BCUT2D eigenvalue weighted by Crippen LogP contribution is -2.09. The van der Waals surface area contributed by atoms with Crippen LogP contribution in [0, 0.1) is 0 Å². The first-order chi connectivity index (χ1) is 8.24. The second-order valence-corrected chi connectivity index (χ2v) is 4.85. The zero-order valence-electron chi connectivity index (χ0n) is 8.63. The molecule has 0 aliphatic carbocycles. The fourth-order valence-corrected chi connectivity index (χ4v) is 1.91. The minimum absolute atomic E-state index is 0.227. The van der Waals surface area contributed by atoms with E-state index in [-0.39, 0.29) is 5.91 Å². The van der Waals surface area contributed by atoms with Gasteiger partial charge < -0.3 is 5.32 Å². The minimum Gasteiger partial charge on any atom is -0.306 e. The Balaban J connectivity index is 1.95. The molecule has 0 saturated carbocycles. The van der Waals surface area contributed by atoms with Crippen LogP contribution < -0.4 is 5.32 Å². The molecule has 0 bridgehead atoms. The van der Waals surface area contributed by atoms with Gasteiger partial charge in [-0.25, -0.2) is 9.97 Å². The summed E-state index contributed by atoms with van der Waals surface area (Å²) < 4.78 is 0.629. The fourth-order valence-electron chi connectivity index (χ4n) is 1.09. The molecule has 2 aromatic rings. The molecule has 1 N–H and O–H groups in total. The number of amides is 1. The van der Waals surface area contributed by atoms with E-state index in [0.717, 1.165) is 4.88 Å². The number of hydrogen-bond acceptors (Lipinski definition) is 4. The van der Waals surface area contributed by atoms with Gasteiger partial charge in [0.15, 0.2) is 5.82 Å². The maximum atomic E-state index is 11.5. The van der Waals surface area contributed by atoms with Crippen LogP contribution in [-0.4, -0.2) is 15.9 Å². The monoisotopic (exact) mass is 309 g/mol. The number of anilines is 1. The normalized spacial score (nSPS) is 10.6. The highest BCUT2D eigenvalue weighted by Gasteiger charge is 1.99. The van der Waals surface area contributed by atoms with Crippen LogP contribution in [0.15, 0.2) is 40.6 Å². The maximum Gasteiger partial charge on any atom is 0.249 e. The van der Waals surface area contributed by atoms with Crippen LogP contribution in [0.25, 0.3) is 6.08 Å². The molecule has 2 aromatic heterocycles. The van der Waals surface area contributed by atoms with Crippen LogP contribution in [0.3, 0.4) is 0 Å². The topological polar surface area (TPSA) is 54.9 Å². The third-order valence-corrected chi connectivity index (χ3v) is 3.06. The number of rotatable bonds is 3. The zero-order valence-corrected chi connectivity index (χ0v) is 11.0. The molecule has 2 rings (SSSR count). The molecule has 0 saturated heterocycles. The molecule has 2 heterocycles. The van der Waals surface area contributed by atoms with Gasteiger partial charge >= 0.3 is 0 Å². The number of halogens is 1. The van der Waals surface area contributed by atoms with Crippen molar-refractivity contribution in [3.05, 3.63) is 45.5 Å². The largest absolute Gasteiger partial charge is 0.306 e. The minimum atomic E-state index is -0.227. The number of hydrogen-bond donors (Lipinski definition) is 1. The first-order valence-electron chi connectivity index (χ1n) is 4.74. The fraction of sp³-hybridized carbons (Fsp3) is 0. The van der Waals surface area contributed by atoms with Gasteiger partial charge in [0, 0.05) is 11.0 Å². The molecule has 0 atom stereocenters. The molecule has 0 radical (unpaired) electrons. The number of carbonyl (C=O) groups excluding carboxylic acids is 1. The van der Waals surface area contributed by atoms with Crippen LogP contribution in [-0.2, 0) is 4.79 Å². The standard InChI is InChI=1S/C11H8BrN3OS/c12-9-6-14-10(7-13-9)15-11(16)4-3-8-2-1-5-17-8/h1-7H,(H,14,15,16). The van der Waals surface area contributed by atoms with Crippen molar-refractivity contribution in [2.75, 3.05) is 5.32 Å². The summed E-state index contributed by atoms with van der Waals surface area (Å²) in [7, 11) is 0. The van der Waals surface area contributed by atoms with E-state index < -0.39 is 0 Å². The number of nitrogens with zero attached hydrogens (tertiary/aromatic N) is 2. The van der Waals surface area contributed by atoms with E-state index in [0.29, 0.717) is 10.4 Å². The van der Waals surface area contributed by atoms with Gasteiger partial charge in [0.05, 0.1) is 12.4 Å². The number of nitrogens with one attached hydrogen (secondary N) is 1. The Labute approximate surface area is 111 Å². The summed E-state index contributed by atoms with van der Waals surface area (Å²) in [6, 6.07) is 3.87. The Bertz CT molecular complexity index is 522. The predicted octanol–water partition coefficient (Wildman–Crippen LogP) is 2.95. The molecular weight excluding hydrogens is 302 g/mol. The molecule has 4 nitrogen and oxygen atoms in total. The third kappa shape index (κ3) is 3.76. The van der Waals surface area contributed by atoms with Crippen LogP contribution >= 0.6 is 27.3 Å². The van der Waals surface area contributed by atoms with Gasteiger partial charge in [-0.15, -0.1) is 11.3 Å². The van der Waals surface area contributed by atoms with E-state index in [1.807, 2.05) is 17.5 Å². The summed E-state index contributed by atoms with van der Waals surface area (Å²) in [4.78, 5) is 20.5. The first-order valence-corrected chi connectivity index (χ1v) is 6.41. The van der Waals surface area contributed by atoms with Crippen LogP contribution in [0.5, 0.6) is 0 Å². The molecule has 0 unspecified atom stereocenters. The van der Waals surface area contributed by atoms with Gasteiger partial charge in [-0.2, -0.15) is 0 Å². The van der Waals surface area contributed by atoms with Crippen LogP contribution in [0.2, 0.25) is 0 Å². The molecule has 0 aliphatic rings. The molecule has 0 aromatic carbocycles. The van der Waals surface area contributed by atoms with Crippen molar-refractivity contribution in [1.29, 1.82) is 0 Å². The summed E-state index contributed by atoms with van der Waals surface area (Å²) >= 11 is 4.74. The van der Waals surface area contributed by atoms with E-state index in [4.69, 9.17) is 0 Å². The zero-order chi connectivity index (χ0) is 12.1. The average molecular weight is 310 g/mol. The maximum absolute atomic E-state index is 11.5. The molecule has 6 heteroatoms. The summed E-state index contributed by atoms with van der Waals surface area (Å²) in [5.41, 5.74) is 0. The van der Waals surface area contributed by atoms with Crippen molar-refractivity contribution in [1.82, 2.24) is 9.97 Å². The number of carbonyl (C=O) groups is 1. The van der Waals surface area contributed by atoms with Crippen molar-refractivity contribution in [3.8, 4) is 0 Å². The lowest BCUT2D eigenvalue weighted by atomic mass is 10.4. The van der Waals surface area contributed by atoms with Gasteiger partial charge in [-0.05, 0) is 33.5 Å². The van der Waals surface area contributed by atoms with Gasteiger partial charge in [-0.3, -0.25) is 4.79 Å². The van der Waals surface area contributed by atoms with E-state index in [1.165, 1.54) is 18.5 Å². The smallest absolute Gasteiger partial charge is 0.249 e. The van der Waals surface area contributed by atoms with Crippen LogP contribution in [0.1, 0.15) is 4.88 Å². The molecule has 0 fully saturated rings. The highest BCUT2D eigenvalue weighted by atomic mass is 79.9. The number of thiophene rings is 1. The van der Waals surface area contributed by atoms with E-state index in [1.54, 1.807) is 17.4 Å². The second kappa shape index (κ2) is 5.70.